The van der Waals surface area contributed by atoms with Gasteiger partial charge in [-0.15, -0.1) is 0 Å². The van der Waals surface area contributed by atoms with Crippen molar-refractivity contribution in [2.24, 2.45) is 7.05 Å². The quantitative estimate of drug-likeness (QED) is 0.640. The van der Waals surface area contributed by atoms with E-state index in [9.17, 15) is 10.1 Å². The Kier molecular flexibility index (Phi) is 3.40. The van der Waals surface area contributed by atoms with Crippen molar-refractivity contribution >= 4 is 29.0 Å². The summed E-state index contributed by atoms with van der Waals surface area (Å²) >= 11 is 11.8. The molecule has 8 heteroatoms. The summed E-state index contributed by atoms with van der Waals surface area (Å²) in [5, 5.41) is 11.3. The number of nitro groups is 1. The van der Waals surface area contributed by atoms with Crippen LogP contribution in [-0.2, 0) is 7.05 Å². The third-order valence-corrected chi connectivity index (χ3v) is 2.96. The lowest BCUT2D eigenvalue weighted by atomic mass is 10.3. The van der Waals surface area contributed by atoms with Crippen LogP contribution < -0.4 is 4.74 Å². The molecule has 94 valence electrons. The smallest absolute Gasteiger partial charge is 0.427 e. The highest BCUT2D eigenvalue weighted by molar-refractivity contribution is 6.42. The molecule has 6 nitrogen and oxygen atoms in total. The molecule has 0 aliphatic carbocycles. The molecule has 0 aliphatic heterocycles. The summed E-state index contributed by atoms with van der Waals surface area (Å²) in [7, 11) is 1.58. The highest BCUT2D eigenvalue weighted by atomic mass is 35.5. The molecule has 0 spiro atoms. The first-order valence-electron chi connectivity index (χ1n) is 4.78. The molecule has 0 fully saturated rings. The minimum atomic E-state index is -0.631. The maximum absolute atomic E-state index is 10.8. The van der Waals surface area contributed by atoms with Crippen LogP contribution in [0.15, 0.2) is 24.5 Å². The number of hydrogen-bond acceptors (Lipinski definition) is 4. The summed E-state index contributed by atoms with van der Waals surface area (Å²) in [6, 6.07) is 4.78. The second-order valence-electron chi connectivity index (χ2n) is 3.40. The molecule has 0 N–H and O–H groups in total. The molecular formula is C10H7Cl2N3O3. The summed E-state index contributed by atoms with van der Waals surface area (Å²) in [6.07, 6.45) is 1.28. The fourth-order valence-corrected chi connectivity index (χ4v) is 1.65. The Labute approximate surface area is 112 Å². The maximum Gasteiger partial charge on any atom is 0.427 e. The normalized spacial score (nSPS) is 10.4. The van der Waals surface area contributed by atoms with Crippen LogP contribution in [0.3, 0.4) is 0 Å². The van der Waals surface area contributed by atoms with E-state index in [2.05, 4.69) is 4.98 Å². The number of rotatable bonds is 3. The summed E-state index contributed by atoms with van der Waals surface area (Å²) in [4.78, 5) is 13.8. The molecule has 0 atom stereocenters. The fourth-order valence-electron chi connectivity index (χ4n) is 1.32. The molecular weight excluding hydrogens is 281 g/mol. The number of ether oxygens (including phenoxy) is 1. The van der Waals surface area contributed by atoms with Crippen molar-refractivity contribution in [1.82, 2.24) is 9.55 Å². The predicted octanol–water partition coefficient (Wildman–Crippen LogP) is 3.43. The first-order valence-corrected chi connectivity index (χ1v) is 5.54. The molecule has 0 amide bonds. The van der Waals surface area contributed by atoms with Crippen LogP contribution in [0, 0.1) is 10.1 Å². The Morgan fingerprint density at radius 3 is 2.83 bits per heavy atom. The van der Waals surface area contributed by atoms with Crippen LogP contribution in [0.4, 0.5) is 5.82 Å². The zero-order valence-electron chi connectivity index (χ0n) is 9.13. The molecule has 2 aromatic rings. The maximum atomic E-state index is 10.8. The van der Waals surface area contributed by atoms with Crippen molar-refractivity contribution in [3.05, 3.63) is 44.7 Å². The van der Waals surface area contributed by atoms with Gasteiger partial charge < -0.3 is 14.9 Å². The van der Waals surface area contributed by atoms with Gasteiger partial charge in [-0.3, -0.25) is 4.57 Å². The van der Waals surface area contributed by atoms with E-state index in [1.165, 1.54) is 10.9 Å². The lowest BCUT2D eigenvalue weighted by Gasteiger charge is -2.07. The molecule has 0 unspecified atom stereocenters. The van der Waals surface area contributed by atoms with Gasteiger partial charge in [-0.1, -0.05) is 29.3 Å². The van der Waals surface area contributed by atoms with Gasteiger partial charge in [0, 0.05) is 7.05 Å². The average molecular weight is 288 g/mol. The average Bonchev–Trinajstić information content (AvgIpc) is 2.67. The number of nitrogens with zero attached hydrogens (tertiary/aromatic N) is 3. The van der Waals surface area contributed by atoms with Gasteiger partial charge in [0.15, 0.2) is 0 Å². The highest BCUT2D eigenvalue weighted by Crippen LogP contribution is 2.36. The van der Waals surface area contributed by atoms with Crippen molar-refractivity contribution in [3.63, 3.8) is 0 Å². The van der Waals surface area contributed by atoms with Gasteiger partial charge in [0.1, 0.15) is 10.8 Å². The van der Waals surface area contributed by atoms with Crippen LogP contribution in [-0.4, -0.2) is 14.5 Å². The SMILES string of the molecule is Cn1cnc([N+](=O)[O-])c1Oc1cccc(Cl)c1Cl. The van der Waals surface area contributed by atoms with E-state index in [4.69, 9.17) is 27.9 Å². The molecule has 0 aliphatic rings. The van der Waals surface area contributed by atoms with Crippen LogP contribution in [0.5, 0.6) is 11.6 Å². The van der Waals surface area contributed by atoms with Gasteiger partial charge >= 0.3 is 11.7 Å². The van der Waals surface area contributed by atoms with Gasteiger partial charge in [-0.05, 0) is 22.0 Å². The van der Waals surface area contributed by atoms with Gasteiger partial charge in [-0.25, -0.2) is 0 Å². The number of benzene rings is 1. The fraction of sp³-hybridized carbons (Fsp3) is 0.100. The van der Waals surface area contributed by atoms with Crippen molar-refractivity contribution in [2.45, 2.75) is 0 Å². The van der Waals surface area contributed by atoms with Gasteiger partial charge in [0.05, 0.1) is 5.02 Å². The van der Waals surface area contributed by atoms with E-state index in [-0.39, 0.29) is 22.5 Å². The van der Waals surface area contributed by atoms with Crippen molar-refractivity contribution in [1.29, 1.82) is 0 Å². The Bertz CT molecular complexity index is 612. The molecule has 1 heterocycles. The van der Waals surface area contributed by atoms with Crippen LogP contribution >= 0.6 is 23.2 Å². The molecule has 0 radical (unpaired) electrons. The van der Waals surface area contributed by atoms with Crippen molar-refractivity contribution in [3.8, 4) is 11.6 Å². The van der Waals surface area contributed by atoms with Crippen LogP contribution in [0.25, 0.3) is 0 Å². The molecule has 0 bridgehead atoms. The highest BCUT2D eigenvalue weighted by Gasteiger charge is 2.23. The van der Waals surface area contributed by atoms with E-state index in [0.29, 0.717) is 5.02 Å². The molecule has 0 saturated carbocycles. The van der Waals surface area contributed by atoms with Gasteiger partial charge in [-0.2, -0.15) is 0 Å². The molecule has 1 aromatic carbocycles. The summed E-state index contributed by atoms with van der Waals surface area (Å²) in [6.45, 7) is 0. The first kappa shape index (κ1) is 12.7. The largest absolute Gasteiger partial charge is 0.432 e. The first-order chi connectivity index (χ1) is 8.50. The van der Waals surface area contributed by atoms with Crippen molar-refractivity contribution < 1.29 is 9.66 Å². The van der Waals surface area contributed by atoms with E-state index >= 15 is 0 Å². The summed E-state index contributed by atoms with van der Waals surface area (Å²) in [5.41, 5.74) is 0. The van der Waals surface area contributed by atoms with E-state index < -0.39 is 4.92 Å². The van der Waals surface area contributed by atoms with Gasteiger partial charge in [0.25, 0.3) is 0 Å². The van der Waals surface area contributed by atoms with E-state index in [1.54, 1.807) is 25.2 Å². The lowest BCUT2D eigenvalue weighted by molar-refractivity contribution is -0.390. The monoisotopic (exact) mass is 287 g/mol. The van der Waals surface area contributed by atoms with E-state index in [1.807, 2.05) is 0 Å². The lowest BCUT2D eigenvalue weighted by Crippen LogP contribution is -1.97. The minimum Gasteiger partial charge on any atom is -0.432 e. The Morgan fingerprint density at radius 1 is 1.44 bits per heavy atom. The summed E-state index contributed by atoms with van der Waals surface area (Å²) in [5.74, 6) is -0.159. The molecule has 0 saturated heterocycles. The number of aromatic nitrogens is 2. The summed E-state index contributed by atoms with van der Waals surface area (Å²) < 4.78 is 6.78. The Hall–Kier alpha value is -1.79. The zero-order valence-corrected chi connectivity index (χ0v) is 10.6. The third-order valence-electron chi connectivity index (χ3n) is 2.16. The second kappa shape index (κ2) is 4.83. The number of imidazole rings is 1. The Morgan fingerprint density at radius 2 is 2.17 bits per heavy atom. The van der Waals surface area contributed by atoms with E-state index in [0.717, 1.165) is 0 Å². The number of hydrogen-bond donors (Lipinski definition) is 0. The number of halogens is 2. The second-order valence-corrected chi connectivity index (χ2v) is 4.18. The van der Waals surface area contributed by atoms with Gasteiger partial charge in [0.2, 0.25) is 6.33 Å². The van der Waals surface area contributed by atoms with Crippen molar-refractivity contribution in [2.75, 3.05) is 0 Å². The minimum absolute atomic E-state index is 0.0100. The number of aryl methyl sites for hydroxylation is 1. The molecule has 1 aromatic heterocycles. The van der Waals surface area contributed by atoms with Crippen LogP contribution in [0.1, 0.15) is 0 Å². The topological polar surface area (TPSA) is 70.2 Å². The zero-order chi connectivity index (χ0) is 13.3. The third kappa shape index (κ3) is 2.25. The van der Waals surface area contributed by atoms with Crippen LogP contribution in [0.2, 0.25) is 10.0 Å². The molecule has 18 heavy (non-hydrogen) atoms. The Balaban J connectivity index is 2.43. The standard InChI is InChI=1S/C10H7Cl2N3O3/c1-14-5-13-9(15(16)17)10(14)18-7-4-2-3-6(11)8(7)12/h2-5H,1H3. The molecule has 2 rings (SSSR count). The predicted molar refractivity (Wildman–Crippen MR) is 66.4 cm³/mol.